The van der Waals surface area contributed by atoms with Gasteiger partial charge in [-0.1, -0.05) is 121 Å². The van der Waals surface area contributed by atoms with Gasteiger partial charge in [0.1, 0.15) is 17.3 Å². The fourth-order valence-corrected chi connectivity index (χ4v) is 7.76. The normalized spacial score (nSPS) is 17.7. The number of nitrogens with one attached hydrogen (secondary N) is 2. The highest BCUT2D eigenvalue weighted by molar-refractivity contribution is 6.19. The topological polar surface area (TPSA) is 58.6 Å². The molecule has 6 nitrogen and oxygen atoms in total. The van der Waals surface area contributed by atoms with Gasteiger partial charge in [0.05, 0.1) is 22.1 Å². The van der Waals surface area contributed by atoms with Gasteiger partial charge in [-0.05, 0) is 49.4 Å². The summed E-state index contributed by atoms with van der Waals surface area (Å²) in [5, 5.41) is 12.3. The SMILES string of the molecule is CC1(n2c3ccccc3c3cc4c5ccccc5n(-c5ccccc5)c4cc32)C=CC(C2N=C(c3ccccc3)NC(c3ccccc3)=N2)=CN1. The van der Waals surface area contributed by atoms with E-state index in [1.165, 1.54) is 38.1 Å². The number of aliphatic imine (C=N–C) groups is 2. The number of benzene rings is 6. The zero-order valence-electron chi connectivity index (χ0n) is 28.0. The smallest absolute Gasteiger partial charge is 0.171 e. The molecule has 0 aliphatic carbocycles. The van der Waals surface area contributed by atoms with Crippen molar-refractivity contribution in [2.45, 2.75) is 18.8 Å². The van der Waals surface area contributed by atoms with E-state index >= 15 is 0 Å². The highest BCUT2D eigenvalue weighted by Crippen LogP contribution is 2.41. The van der Waals surface area contributed by atoms with Gasteiger partial charge in [0.2, 0.25) is 0 Å². The summed E-state index contributed by atoms with van der Waals surface area (Å²) in [6.45, 7) is 2.24. The molecule has 1 atom stereocenters. The Morgan fingerprint density at radius 1 is 0.549 bits per heavy atom. The van der Waals surface area contributed by atoms with Crippen LogP contribution in [0.15, 0.2) is 186 Å². The Hall–Kier alpha value is -6.66. The van der Waals surface area contributed by atoms with Gasteiger partial charge in [0.15, 0.2) is 6.17 Å². The van der Waals surface area contributed by atoms with E-state index < -0.39 is 11.8 Å². The molecule has 6 aromatic carbocycles. The zero-order chi connectivity index (χ0) is 33.9. The molecule has 2 aliphatic rings. The lowest BCUT2D eigenvalue weighted by Gasteiger charge is -2.34. The molecule has 0 radical (unpaired) electrons. The standard InChI is InChI=1S/C45H34N6/c1-45(26-25-32(29-46-45)44-48-42(30-15-5-2-6-16-30)47-43(49-44)31-17-7-3-8-18-31)51-39-24-14-12-22-35(39)37-27-36-34-21-11-13-23-38(34)50(40(36)28-41(37)51)33-19-9-4-10-20-33/h2-29,44,46H,1H3,(H,47,48,49). The molecule has 2 aromatic heterocycles. The average Bonchev–Trinajstić information content (AvgIpc) is 3.70. The second kappa shape index (κ2) is 11.5. The molecule has 0 spiro atoms. The van der Waals surface area contributed by atoms with Crippen molar-refractivity contribution in [1.29, 1.82) is 0 Å². The third-order valence-electron chi connectivity index (χ3n) is 10.2. The van der Waals surface area contributed by atoms with Crippen LogP contribution in [0.2, 0.25) is 0 Å². The fraction of sp³-hybridized carbons (Fsp3) is 0.0667. The maximum atomic E-state index is 5.10. The Bertz CT molecular complexity index is 2690. The minimum Gasteiger partial charge on any atom is -0.365 e. The Kier molecular flexibility index (Phi) is 6.58. The molecule has 0 saturated heterocycles. The van der Waals surface area contributed by atoms with Crippen LogP contribution in [0.5, 0.6) is 0 Å². The summed E-state index contributed by atoms with van der Waals surface area (Å²) in [6.07, 6.45) is 6.12. The van der Waals surface area contributed by atoms with Crippen molar-refractivity contribution in [3.8, 4) is 5.69 Å². The molecule has 4 heterocycles. The second-order valence-corrected chi connectivity index (χ2v) is 13.4. The van der Waals surface area contributed by atoms with Gasteiger partial charge in [0, 0.05) is 50.1 Å². The Morgan fingerprint density at radius 3 is 1.73 bits per heavy atom. The van der Waals surface area contributed by atoms with Gasteiger partial charge >= 0.3 is 0 Å². The summed E-state index contributed by atoms with van der Waals surface area (Å²) in [5.41, 5.74) is 8.33. The first kappa shape index (κ1) is 29.3. The Balaban J connectivity index is 1.12. The van der Waals surface area contributed by atoms with Crippen molar-refractivity contribution in [3.05, 3.63) is 187 Å². The van der Waals surface area contributed by atoms with Crippen LogP contribution in [0, 0.1) is 0 Å². The van der Waals surface area contributed by atoms with Gasteiger partial charge in [-0.3, -0.25) is 0 Å². The van der Waals surface area contributed by atoms with Crippen molar-refractivity contribution >= 4 is 55.3 Å². The number of aromatic nitrogens is 2. The first-order valence-electron chi connectivity index (χ1n) is 17.4. The van der Waals surface area contributed by atoms with Crippen molar-refractivity contribution in [2.75, 3.05) is 0 Å². The van der Waals surface area contributed by atoms with E-state index in [-0.39, 0.29) is 0 Å². The van der Waals surface area contributed by atoms with Crippen LogP contribution >= 0.6 is 0 Å². The molecular weight excluding hydrogens is 625 g/mol. The Labute approximate surface area is 295 Å². The summed E-state index contributed by atoms with van der Waals surface area (Å²) < 4.78 is 4.83. The zero-order valence-corrected chi connectivity index (χ0v) is 28.0. The molecule has 2 aliphatic heterocycles. The number of hydrogen-bond donors (Lipinski definition) is 2. The molecule has 0 fully saturated rings. The fourth-order valence-electron chi connectivity index (χ4n) is 7.76. The lowest BCUT2D eigenvalue weighted by molar-refractivity contribution is 0.378. The van der Waals surface area contributed by atoms with Crippen molar-refractivity contribution in [1.82, 2.24) is 19.8 Å². The molecule has 0 amide bonds. The third kappa shape index (κ3) is 4.71. The van der Waals surface area contributed by atoms with E-state index in [0.29, 0.717) is 0 Å². The first-order valence-corrected chi connectivity index (χ1v) is 17.4. The minimum absolute atomic E-state index is 0.413. The average molecular weight is 659 g/mol. The number of amidine groups is 2. The van der Waals surface area contributed by atoms with E-state index in [9.17, 15) is 0 Å². The van der Waals surface area contributed by atoms with Crippen LogP contribution in [0.3, 0.4) is 0 Å². The number of fused-ring (bicyclic) bond motifs is 6. The van der Waals surface area contributed by atoms with Gasteiger partial charge < -0.3 is 19.8 Å². The lowest BCUT2D eigenvalue weighted by atomic mass is 10.0. The van der Waals surface area contributed by atoms with Crippen LogP contribution < -0.4 is 10.6 Å². The van der Waals surface area contributed by atoms with Crippen LogP contribution in [0.4, 0.5) is 0 Å². The van der Waals surface area contributed by atoms with Crippen LogP contribution in [0.25, 0.3) is 49.3 Å². The molecule has 6 heteroatoms. The van der Waals surface area contributed by atoms with E-state index in [0.717, 1.165) is 39.6 Å². The molecule has 8 aromatic rings. The van der Waals surface area contributed by atoms with Gasteiger partial charge in [0.25, 0.3) is 0 Å². The number of nitrogens with zero attached hydrogens (tertiary/aromatic N) is 4. The number of dihydropyridines is 1. The lowest BCUT2D eigenvalue weighted by Crippen LogP contribution is -2.43. The van der Waals surface area contributed by atoms with Crippen LogP contribution in [0.1, 0.15) is 18.1 Å². The summed E-state index contributed by atoms with van der Waals surface area (Å²) in [6, 6.07) is 53.3. The molecule has 2 N–H and O–H groups in total. The highest BCUT2D eigenvalue weighted by atomic mass is 15.2. The number of rotatable bonds is 5. The van der Waals surface area contributed by atoms with Crippen LogP contribution in [-0.4, -0.2) is 27.0 Å². The molecule has 244 valence electrons. The molecule has 10 rings (SSSR count). The van der Waals surface area contributed by atoms with Crippen molar-refractivity contribution < 1.29 is 0 Å². The van der Waals surface area contributed by atoms with E-state index in [1.54, 1.807) is 0 Å². The number of hydrogen-bond acceptors (Lipinski definition) is 4. The van der Waals surface area contributed by atoms with Crippen LogP contribution in [-0.2, 0) is 5.66 Å². The van der Waals surface area contributed by atoms with Crippen molar-refractivity contribution in [3.63, 3.8) is 0 Å². The highest BCUT2D eigenvalue weighted by Gasteiger charge is 2.31. The summed E-state index contributed by atoms with van der Waals surface area (Å²) in [4.78, 5) is 10.2. The minimum atomic E-state index is -0.563. The molecule has 51 heavy (non-hydrogen) atoms. The van der Waals surface area contributed by atoms with Gasteiger partial charge in [-0.15, -0.1) is 0 Å². The predicted molar refractivity (Wildman–Crippen MR) is 211 cm³/mol. The van der Waals surface area contributed by atoms with E-state index in [1.807, 2.05) is 36.4 Å². The molecule has 0 saturated carbocycles. The second-order valence-electron chi connectivity index (χ2n) is 13.4. The van der Waals surface area contributed by atoms with Crippen molar-refractivity contribution in [2.24, 2.45) is 9.98 Å². The molecule has 1 unspecified atom stereocenters. The number of para-hydroxylation sites is 3. The van der Waals surface area contributed by atoms with E-state index in [2.05, 4.69) is 160 Å². The molecular formula is C45H34N6. The maximum absolute atomic E-state index is 5.10. The third-order valence-corrected chi connectivity index (χ3v) is 10.2. The van der Waals surface area contributed by atoms with E-state index in [4.69, 9.17) is 9.98 Å². The summed E-state index contributed by atoms with van der Waals surface area (Å²) in [7, 11) is 0. The maximum Gasteiger partial charge on any atom is 0.171 e. The Morgan fingerprint density at radius 2 is 1.10 bits per heavy atom. The first-order chi connectivity index (χ1) is 25.1. The van der Waals surface area contributed by atoms with Gasteiger partial charge in [-0.2, -0.15) is 0 Å². The summed E-state index contributed by atoms with van der Waals surface area (Å²) in [5.74, 6) is 1.61. The largest absolute Gasteiger partial charge is 0.365 e. The quantitative estimate of drug-likeness (QED) is 0.194. The predicted octanol–water partition coefficient (Wildman–Crippen LogP) is 9.43. The van der Waals surface area contributed by atoms with Gasteiger partial charge in [-0.25, -0.2) is 9.98 Å². The molecule has 0 bridgehead atoms. The summed E-state index contributed by atoms with van der Waals surface area (Å²) >= 11 is 0. The monoisotopic (exact) mass is 658 g/mol.